The Labute approximate surface area is 219 Å². The zero-order valence-corrected chi connectivity index (χ0v) is 23.2. The smallest absolute Gasteiger partial charge is 0.408 e. The number of nitrogens with zero attached hydrogens (tertiary/aromatic N) is 1. The molecule has 1 aliphatic heterocycles. The Balaban J connectivity index is 2.45. The zero-order chi connectivity index (χ0) is 28.0. The van der Waals surface area contributed by atoms with Crippen molar-refractivity contribution in [3.8, 4) is 0 Å². The quantitative estimate of drug-likeness (QED) is 0.411. The average Bonchev–Trinajstić information content (AvgIpc) is 2.96. The van der Waals surface area contributed by atoms with Crippen LogP contribution in [0.4, 0.5) is 9.59 Å². The van der Waals surface area contributed by atoms with Gasteiger partial charge in [0, 0.05) is 6.54 Å². The highest BCUT2D eigenvalue weighted by Crippen LogP contribution is 2.21. The summed E-state index contributed by atoms with van der Waals surface area (Å²) < 4.78 is 33.4. The Morgan fingerprint density at radius 3 is 2.46 bits per heavy atom. The first kappa shape index (κ1) is 30.5. The summed E-state index contributed by atoms with van der Waals surface area (Å²) in [6.45, 7) is 11.0. The molecule has 1 aromatic rings. The molecule has 0 saturated carbocycles. The summed E-state index contributed by atoms with van der Waals surface area (Å²) in [6.07, 6.45) is -1.04. The van der Waals surface area contributed by atoms with E-state index in [2.05, 4.69) is 10.6 Å². The largest absolute Gasteiger partial charge is 0.444 e. The molecule has 0 spiro atoms. The number of rotatable bonds is 7. The van der Waals surface area contributed by atoms with Crippen LogP contribution in [0.5, 0.6) is 0 Å². The van der Waals surface area contributed by atoms with Gasteiger partial charge in [-0.05, 0) is 71.0 Å². The number of aliphatic hydroxyl groups is 1. The third-order valence-corrected chi connectivity index (χ3v) is 7.22. The van der Waals surface area contributed by atoms with E-state index in [1.54, 1.807) is 39.8 Å². The SMILES string of the molecule is Cc1ccccc1S(=O)(=O)NC(=O)N(C(=O)C(CC(C)C)NC(=O)OC(C)(C)C)C1CCCNC[C@@H]1O. The number of hydrogen-bond acceptors (Lipinski definition) is 8. The molecule has 11 nitrogen and oxygen atoms in total. The maximum absolute atomic E-state index is 13.8. The summed E-state index contributed by atoms with van der Waals surface area (Å²) in [7, 11) is -4.33. The topological polar surface area (TPSA) is 154 Å². The van der Waals surface area contributed by atoms with Gasteiger partial charge in [-0.2, -0.15) is 0 Å². The lowest BCUT2D eigenvalue weighted by molar-refractivity contribution is -0.134. The summed E-state index contributed by atoms with van der Waals surface area (Å²) in [5.41, 5.74) is -0.402. The standard InChI is InChI=1S/C25H40N4O7S/c1-16(2)14-18(27-24(33)36-25(4,5)6)22(31)29(19-11-9-13-26-15-20(19)30)23(32)28-37(34,35)21-12-8-7-10-17(21)3/h7-8,10,12,16,18-20,26,30H,9,11,13-15H2,1-6H3,(H,27,33)(H,28,32)/t18?,19?,20-/m0/s1. The molecule has 1 aliphatic rings. The van der Waals surface area contributed by atoms with Crippen molar-refractivity contribution in [2.45, 2.75) is 89.5 Å². The van der Waals surface area contributed by atoms with Gasteiger partial charge in [0.15, 0.2) is 0 Å². The number of sulfonamides is 1. The highest BCUT2D eigenvalue weighted by Gasteiger charge is 2.41. The van der Waals surface area contributed by atoms with E-state index in [4.69, 9.17) is 4.74 Å². The second kappa shape index (κ2) is 12.7. The molecule has 2 unspecified atom stereocenters. The number of carbonyl (C=O) groups is 3. The van der Waals surface area contributed by atoms with E-state index in [1.807, 2.05) is 18.6 Å². The van der Waals surface area contributed by atoms with Crippen molar-refractivity contribution in [3.63, 3.8) is 0 Å². The number of hydrogen-bond donors (Lipinski definition) is 4. The second-order valence-corrected chi connectivity index (χ2v) is 12.3. The summed E-state index contributed by atoms with van der Waals surface area (Å²) in [5, 5.41) is 16.3. The van der Waals surface area contributed by atoms with Gasteiger partial charge in [-0.1, -0.05) is 32.0 Å². The molecule has 3 atom stereocenters. The van der Waals surface area contributed by atoms with Gasteiger partial charge in [0.25, 0.3) is 15.9 Å². The number of amides is 4. The van der Waals surface area contributed by atoms with Crippen molar-refractivity contribution in [3.05, 3.63) is 29.8 Å². The monoisotopic (exact) mass is 540 g/mol. The molecular formula is C25H40N4O7S. The van der Waals surface area contributed by atoms with Gasteiger partial charge < -0.3 is 20.5 Å². The molecule has 1 aromatic carbocycles. The van der Waals surface area contributed by atoms with Crippen LogP contribution in [0.15, 0.2) is 29.2 Å². The van der Waals surface area contributed by atoms with Gasteiger partial charge >= 0.3 is 12.1 Å². The molecule has 1 fully saturated rings. The molecular weight excluding hydrogens is 500 g/mol. The van der Waals surface area contributed by atoms with E-state index < -0.39 is 51.8 Å². The van der Waals surface area contributed by atoms with Gasteiger partial charge in [0.05, 0.1) is 17.0 Å². The summed E-state index contributed by atoms with van der Waals surface area (Å²) in [6, 6.07) is 2.74. The Kier molecular flexibility index (Phi) is 10.5. The van der Waals surface area contributed by atoms with E-state index >= 15 is 0 Å². The van der Waals surface area contributed by atoms with Crippen molar-refractivity contribution < 1.29 is 32.6 Å². The lowest BCUT2D eigenvalue weighted by Gasteiger charge is -2.35. The predicted octanol–water partition coefficient (Wildman–Crippen LogP) is 2.27. The van der Waals surface area contributed by atoms with Gasteiger partial charge in [-0.15, -0.1) is 0 Å². The second-order valence-electron chi connectivity index (χ2n) is 10.7. The molecule has 0 bridgehead atoms. The lowest BCUT2D eigenvalue weighted by Crippen LogP contribution is -2.60. The molecule has 4 amide bonds. The minimum absolute atomic E-state index is 0.0646. The first-order valence-electron chi connectivity index (χ1n) is 12.5. The van der Waals surface area contributed by atoms with Gasteiger partial charge in [-0.3, -0.25) is 9.69 Å². The van der Waals surface area contributed by atoms with Crippen molar-refractivity contribution in [2.75, 3.05) is 13.1 Å². The van der Waals surface area contributed by atoms with E-state index in [0.717, 1.165) is 4.90 Å². The number of nitrogens with one attached hydrogen (secondary N) is 3. The van der Waals surface area contributed by atoms with Crippen molar-refractivity contribution in [2.24, 2.45) is 5.92 Å². The predicted molar refractivity (Wildman–Crippen MR) is 138 cm³/mol. The van der Waals surface area contributed by atoms with E-state index in [9.17, 15) is 27.9 Å². The molecule has 0 aromatic heterocycles. The van der Waals surface area contributed by atoms with Crippen LogP contribution in [0, 0.1) is 12.8 Å². The van der Waals surface area contributed by atoms with Crippen LogP contribution >= 0.6 is 0 Å². The van der Waals surface area contributed by atoms with Crippen LogP contribution in [0.2, 0.25) is 0 Å². The van der Waals surface area contributed by atoms with Gasteiger partial charge in [0.2, 0.25) is 0 Å². The molecule has 1 heterocycles. The Morgan fingerprint density at radius 1 is 1.22 bits per heavy atom. The van der Waals surface area contributed by atoms with Crippen LogP contribution in [0.1, 0.15) is 59.4 Å². The fourth-order valence-corrected chi connectivity index (χ4v) is 5.31. The van der Waals surface area contributed by atoms with Crippen molar-refractivity contribution >= 4 is 28.1 Å². The number of β-amino-alcohol motifs (C(OH)–C–C–N with tert-alkyl or cyclic N) is 1. The summed E-state index contributed by atoms with van der Waals surface area (Å²) >= 11 is 0. The molecule has 37 heavy (non-hydrogen) atoms. The minimum Gasteiger partial charge on any atom is -0.444 e. The number of benzene rings is 1. The molecule has 0 radical (unpaired) electrons. The third-order valence-electron chi connectivity index (χ3n) is 5.74. The van der Waals surface area contributed by atoms with Crippen molar-refractivity contribution in [1.29, 1.82) is 0 Å². The van der Waals surface area contributed by atoms with Gasteiger partial charge in [-0.25, -0.2) is 22.7 Å². The Morgan fingerprint density at radius 2 is 1.86 bits per heavy atom. The molecule has 4 N–H and O–H groups in total. The lowest BCUT2D eigenvalue weighted by atomic mass is 9.99. The molecule has 12 heteroatoms. The highest BCUT2D eigenvalue weighted by molar-refractivity contribution is 7.90. The molecule has 2 rings (SSSR count). The third kappa shape index (κ3) is 8.97. The Hall–Kier alpha value is -2.70. The number of urea groups is 1. The van der Waals surface area contributed by atoms with Crippen molar-refractivity contribution in [1.82, 2.24) is 20.3 Å². The maximum Gasteiger partial charge on any atom is 0.408 e. The van der Waals surface area contributed by atoms with E-state index in [1.165, 1.54) is 12.1 Å². The first-order valence-corrected chi connectivity index (χ1v) is 13.9. The Bertz CT molecular complexity index is 1070. The van der Waals surface area contributed by atoms with E-state index in [-0.39, 0.29) is 30.2 Å². The number of aryl methyl sites for hydroxylation is 1. The van der Waals surface area contributed by atoms with Crippen LogP contribution < -0.4 is 15.4 Å². The minimum atomic E-state index is -4.33. The van der Waals surface area contributed by atoms with Gasteiger partial charge in [0.1, 0.15) is 11.6 Å². The number of ether oxygens (including phenoxy) is 1. The number of carbonyl (C=O) groups excluding carboxylic acids is 3. The maximum atomic E-state index is 13.8. The number of aliphatic hydroxyl groups excluding tert-OH is 1. The number of imide groups is 1. The van der Waals surface area contributed by atoms with Crippen LogP contribution in [0.25, 0.3) is 0 Å². The van der Waals surface area contributed by atoms with Crippen LogP contribution in [-0.4, -0.2) is 73.3 Å². The fourth-order valence-electron chi connectivity index (χ4n) is 4.12. The molecule has 208 valence electrons. The zero-order valence-electron chi connectivity index (χ0n) is 22.4. The fraction of sp³-hybridized carbons (Fsp3) is 0.640. The average molecular weight is 541 g/mol. The molecule has 1 saturated heterocycles. The normalized spacial score (nSPS) is 19.5. The highest BCUT2D eigenvalue weighted by atomic mass is 32.2. The summed E-state index contributed by atoms with van der Waals surface area (Å²) in [5.74, 6) is -0.895. The van der Waals surface area contributed by atoms with Crippen LogP contribution in [0.3, 0.4) is 0 Å². The molecule has 0 aliphatic carbocycles. The van der Waals surface area contributed by atoms with E-state index in [0.29, 0.717) is 18.5 Å². The summed E-state index contributed by atoms with van der Waals surface area (Å²) in [4.78, 5) is 40.5. The number of alkyl carbamates (subject to hydrolysis) is 1. The van der Waals surface area contributed by atoms with Crippen LogP contribution in [-0.2, 0) is 19.6 Å². The first-order chi connectivity index (χ1) is 17.1.